The molecule has 1 aliphatic heterocycles. The van der Waals surface area contributed by atoms with Crippen LogP contribution in [0.25, 0.3) is 0 Å². The molecule has 0 fully saturated rings. The number of methoxy groups -OCH3 is 3. The van der Waals surface area contributed by atoms with Gasteiger partial charge < -0.3 is 19.1 Å². The van der Waals surface area contributed by atoms with Gasteiger partial charge in [-0.3, -0.25) is 14.9 Å². The first-order valence-corrected chi connectivity index (χ1v) is 12.9. The topological polar surface area (TPSA) is 133 Å². The molecule has 0 bridgehead atoms. The summed E-state index contributed by atoms with van der Waals surface area (Å²) >= 11 is 0. The molecule has 2 aromatic heterocycles. The van der Waals surface area contributed by atoms with Gasteiger partial charge in [-0.25, -0.2) is 9.59 Å². The lowest BCUT2D eigenvalue weighted by Crippen LogP contribution is -2.48. The smallest absolute Gasteiger partial charge is 0.336 e. The lowest BCUT2D eigenvalue weighted by Gasteiger charge is -2.37. The Labute approximate surface area is 241 Å². The molecule has 0 amide bonds. The minimum atomic E-state index is -1.13. The highest BCUT2D eigenvalue weighted by atomic mass is 16.6. The van der Waals surface area contributed by atoms with Gasteiger partial charge in [0.2, 0.25) is 0 Å². The lowest BCUT2D eigenvalue weighted by atomic mass is 9.79. The van der Waals surface area contributed by atoms with E-state index in [9.17, 15) is 24.5 Å². The Morgan fingerprint density at radius 1 is 0.786 bits per heavy atom. The van der Waals surface area contributed by atoms with Crippen molar-refractivity contribution in [3.8, 4) is 0 Å². The highest BCUT2D eigenvalue weighted by Gasteiger charge is 2.45. The number of esters is 3. The Hall–Kier alpha value is -5.39. The second-order valence-corrected chi connectivity index (χ2v) is 9.25. The molecule has 3 aromatic rings. The van der Waals surface area contributed by atoms with Crippen molar-refractivity contribution in [2.24, 2.45) is 0 Å². The van der Waals surface area contributed by atoms with Crippen LogP contribution in [0.1, 0.15) is 11.5 Å². The van der Waals surface area contributed by atoms with Crippen LogP contribution in [0.5, 0.6) is 0 Å². The molecule has 1 aromatic carbocycles. The van der Waals surface area contributed by atoms with Crippen LogP contribution in [-0.2, 0) is 41.7 Å². The van der Waals surface area contributed by atoms with Crippen molar-refractivity contribution >= 4 is 23.6 Å². The minimum absolute atomic E-state index is 0.0282. The van der Waals surface area contributed by atoms with Gasteiger partial charge in [-0.1, -0.05) is 24.3 Å². The average Bonchev–Trinajstić information content (AvgIpc) is 3.02. The van der Waals surface area contributed by atoms with Crippen LogP contribution in [-0.4, -0.2) is 55.6 Å². The number of hydrogen-bond acceptors (Lipinski definition) is 9. The molecule has 0 saturated carbocycles. The number of nitro groups is 1. The lowest BCUT2D eigenvalue weighted by molar-refractivity contribution is -0.693. The van der Waals surface area contributed by atoms with Crippen LogP contribution in [0.4, 0.5) is 5.69 Å². The number of non-ortho nitro benzene ring substituents is 1. The number of nitrogens with zero attached hydrogens (tertiary/aromatic N) is 4. The van der Waals surface area contributed by atoms with E-state index in [1.54, 1.807) is 69.2 Å². The number of allylic oxidation sites excluding steroid dienone is 2. The van der Waals surface area contributed by atoms with Crippen molar-refractivity contribution in [3.63, 3.8) is 0 Å². The summed E-state index contributed by atoms with van der Waals surface area (Å²) in [5.41, 5.74) is 0.823. The van der Waals surface area contributed by atoms with Gasteiger partial charge in [0, 0.05) is 36.4 Å². The maximum atomic E-state index is 13.6. The molecule has 0 saturated heterocycles. The number of carbonyl (C=O) groups is 3. The van der Waals surface area contributed by atoms with Crippen LogP contribution in [0.3, 0.4) is 0 Å². The van der Waals surface area contributed by atoms with Gasteiger partial charge in [0.05, 0.1) is 54.7 Å². The quantitative estimate of drug-likeness (QED) is 0.117. The Kier molecular flexibility index (Phi) is 9.38. The van der Waals surface area contributed by atoms with Crippen molar-refractivity contribution in [3.05, 3.63) is 124 Å². The van der Waals surface area contributed by atoms with Crippen molar-refractivity contribution in [1.29, 1.82) is 0 Å². The summed E-state index contributed by atoms with van der Waals surface area (Å²) in [5.74, 6) is -3.30. The summed E-state index contributed by atoms with van der Waals surface area (Å²) in [7, 11) is 3.65. The molecule has 12 heteroatoms. The summed E-state index contributed by atoms with van der Waals surface area (Å²) in [6, 6.07) is 16.6. The molecule has 0 spiro atoms. The Balaban J connectivity index is 2.11. The van der Waals surface area contributed by atoms with Gasteiger partial charge >= 0.3 is 17.9 Å². The Morgan fingerprint density at radius 3 is 1.71 bits per heavy atom. The van der Waals surface area contributed by atoms with E-state index in [1.807, 2.05) is 12.1 Å². The molecule has 0 unspecified atom stereocenters. The fraction of sp³-hybridized carbons (Fsp3) is 0.233. The molecule has 0 aliphatic carbocycles. The van der Waals surface area contributed by atoms with Gasteiger partial charge in [-0.15, -0.1) is 0 Å². The first kappa shape index (κ1) is 29.6. The van der Waals surface area contributed by atoms with E-state index in [2.05, 4.69) is 0 Å². The van der Waals surface area contributed by atoms with Crippen molar-refractivity contribution in [2.45, 2.75) is 19.0 Å². The van der Waals surface area contributed by atoms with Crippen LogP contribution in [0, 0.1) is 10.1 Å². The van der Waals surface area contributed by atoms with E-state index in [4.69, 9.17) is 14.2 Å². The molecule has 1 aliphatic rings. The first-order valence-electron chi connectivity index (χ1n) is 12.9. The average molecular weight is 575 g/mol. The number of pyridine rings is 2. The molecule has 12 nitrogen and oxygen atoms in total. The van der Waals surface area contributed by atoms with Crippen LogP contribution in [0.2, 0.25) is 0 Å². The van der Waals surface area contributed by atoms with E-state index < -0.39 is 28.7 Å². The summed E-state index contributed by atoms with van der Waals surface area (Å²) in [4.78, 5) is 52.8. The standard InChI is InChI=1S/C30H30N4O8/c1-40-25(35)20-33-23(18-31-13-6-4-7-14-31)27(29(36)41-2)26(21-11-10-12-22(17-21)34(38)39)28(30(37)42-3)24(33)19-32-15-8-5-9-16-32/h4-17,26H,18-20H2,1-3H3/q+2. The van der Waals surface area contributed by atoms with Crippen molar-refractivity contribution in [2.75, 3.05) is 27.9 Å². The maximum absolute atomic E-state index is 13.6. The third kappa shape index (κ3) is 6.33. The third-order valence-corrected chi connectivity index (χ3v) is 6.81. The zero-order chi connectivity index (χ0) is 30.2. The number of ether oxygens (including phenoxy) is 3. The van der Waals surface area contributed by atoms with Gasteiger partial charge in [0.25, 0.3) is 5.69 Å². The van der Waals surface area contributed by atoms with Crippen LogP contribution >= 0.6 is 0 Å². The molecule has 0 N–H and O–H groups in total. The van der Waals surface area contributed by atoms with Crippen molar-refractivity contribution in [1.82, 2.24) is 4.90 Å². The van der Waals surface area contributed by atoms with Gasteiger partial charge in [-0.05, 0) is 5.56 Å². The number of rotatable bonds is 10. The number of hydrogen-bond donors (Lipinski definition) is 0. The van der Waals surface area contributed by atoms with Gasteiger partial charge in [0.1, 0.15) is 6.54 Å². The maximum Gasteiger partial charge on any atom is 0.336 e. The monoisotopic (exact) mass is 574 g/mol. The van der Waals surface area contributed by atoms with Crippen LogP contribution < -0.4 is 9.13 Å². The summed E-state index contributed by atoms with van der Waals surface area (Å²) in [6.45, 7) is -0.166. The Morgan fingerprint density at radius 2 is 1.29 bits per heavy atom. The van der Waals surface area contributed by atoms with E-state index in [0.29, 0.717) is 17.0 Å². The van der Waals surface area contributed by atoms with Crippen LogP contribution in [0.15, 0.2) is 108 Å². The Bertz CT molecular complexity index is 1470. The molecule has 4 rings (SSSR count). The second-order valence-electron chi connectivity index (χ2n) is 9.25. The van der Waals surface area contributed by atoms with Crippen molar-refractivity contribution < 1.29 is 42.7 Å². The number of aromatic nitrogens is 2. The largest absolute Gasteiger partial charge is 0.468 e. The summed E-state index contributed by atoms with van der Waals surface area (Å²) in [6.07, 6.45) is 7.13. The van der Waals surface area contributed by atoms with Gasteiger partial charge in [-0.2, -0.15) is 9.13 Å². The van der Waals surface area contributed by atoms with E-state index >= 15 is 0 Å². The molecule has 42 heavy (non-hydrogen) atoms. The summed E-state index contributed by atoms with van der Waals surface area (Å²) in [5, 5.41) is 11.7. The molecular formula is C30H30N4O8+2. The molecule has 0 atom stereocenters. The SMILES string of the molecule is COC(=O)CN1C(C[n+]2ccccc2)=C(C(=O)OC)C(c2cccc([N+](=O)[O-])c2)C(C(=O)OC)=C1C[n+]1ccccc1. The predicted octanol–water partition coefficient (Wildman–Crippen LogP) is 2.00. The van der Waals surface area contributed by atoms with E-state index in [1.165, 1.54) is 39.5 Å². The number of nitro benzene ring substituents is 1. The zero-order valence-electron chi connectivity index (χ0n) is 23.3. The molecule has 216 valence electrons. The highest BCUT2D eigenvalue weighted by molar-refractivity contribution is 6.00. The fourth-order valence-corrected chi connectivity index (χ4v) is 4.92. The zero-order valence-corrected chi connectivity index (χ0v) is 23.3. The summed E-state index contributed by atoms with van der Waals surface area (Å²) < 4.78 is 19.0. The predicted molar refractivity (Wildman–Crippen MR) is 146 cm³/mol. The number of carbonyl (C=O) groups excluding carboxylic acids is 3. The normalized spacial score (nSPS) is 13.5. The molecular weight excluding hydrogens is 544 g/mol. The third-order valence-electron chi connectivity index (χ3n) is 6.81. The first-order chi connectivity index (χ1) is 20.3. The highest BCUT2D eigenvalue weighted by Crippen LogP contribution is 2.44. The second kappa shape index (κ2) is 13.3. The molecule has 0 radical (unpaired) electrons. The number of benzene rings is 1. The minimum Gasteiger partial charge on any atom is -0.468 e. The molecule has 3 heterocycles. The fourth-order valence-electron chi connectivity index (χ4n) is 4.92. The van der Waals surface area contributed by atoms with Gasteiger partial charge in [0.15, 0.2) is 37.9 Å². The van der Waals surface area contributed by atoms with E-state index in [0.717, 1.165) is 0 Å². The van der Waals surface area contributed by atoms with E-state index in [-0.39, 0.29) is 36.5 Å².